The lowest BCUT2D eigenvalue weighted by Crippen LogP contribution is -2.10. The molecule has 0 aliphatic carbocycles. The Morgan fingerprint density at radius 2 is 1.57 bits per heavy atom. The van der Waals surface area contributed by atoms with Crippen LogP contribution in [0.25, 0.3) is 0 Å². The Morgan fingerprint density at radius 1 is 0.952 bits per heavy atom. The summed E-state index contributed by atoms with van der Waals surface area (Å²) in [7, 11) is -3.78. The van der Waals surface area contributed by atoms with Gasteiger partial charge in [0, 0.05) is 0 Å². The molecule has 112 valence electrons. The fraction of sp³-hybridized carbons (Fsp3) is 0.294. The summed E-state index contributed by atoms with van der Waals surface area (Å²) in [6.07, 6.45) is 0. The number of benzene rings is 2. The smallest absolute Gasteiger partial charge is 0.339 e. The van der Waals surface area contributed by atoms with Crippen LogP contribution in [0.5, 0.6) is 5.75 Å². The Labute approximate surface area is 126 Å². The molecule has 0 aromatic heterocycles. The van der Waals surface area contributed by atoms with Gasteiger partial charge in [-0.25, -0.2) is 0 Å². The van der Waals surface area contributed by atoms with E-state index < -0.39 is 10.1 Å². The average molecular weight is 304 g/mol. The second-order valence-corrected chi connectivity index (χ2v) is 7.07. The minimum absolute atomic E-state index is 0.165. The zero-order chi connectivity index (χ0) is 15.6. The van der Waals surface area contributed by atoms with Gasteiger partial charge in [-0.15, -0.1) is 0 Å². The van der Waals surface area contributed by atoms with Gasteiger partial charge in [0.25, 0.3) is 0 Å². The first kappa shape index (κ1) is 15.6. The van der Waals surface area contributed by atoms with Crippen LogP contribution in [0.3, 0.4) is 0 Å². The molecule has 4 heteroatoms. The molecule has 0 atom stereocenters. The highest BCUT2D eigenvalue weighted by molar-refractivity contribution is 7.87. The van der Waals surface area contributed by atoms with Gasteiger partial charge in [0.05, 0.1) is 0 Å². The maximum absolute atomic E-state index is 12.2. The van der Waals surface area contributed by atoms with Crippen molar-refractivity contribution in [2.45, 2.75) is 38.5 Å². The molecule has 2 aromatic carbocycles. The van der Waals surface area contributed by atoms with Crippen molar-refractivity contribution in [2.24, 2.45) is 0 Å². The van der Waals surface area contributed by atoms with Crippen LogP contribution in [0.1, 0.15) is 36.5 Å². The van der Waals surface area contributed by atoms with E-state index in [1.54, 1.807) is 36.4 Å². The molecule has 2 rings (SSSR count). The van der Waals surface area contributed by atoms with Gasteiger partial charge in [-0.2, -0.15) is 8.42 Å². The maximum Gasteiger partial charge on any atom is 0.339 e. The molecule has 21 heavy (non-hydrogen) atoms. The molecule has 0 saturated heterocycles. The summed E-state index contributed by atoms with van der Waals surface area (Å²) in [5.41, 5.74) is 3.22. The first-order valence-corrected chi connectivity index (χ1v) is 8.32. The van der Waals surface area contributed by atoms with Crippen LogP contribution in [-0.2, 0) is 10.1 Å². The zero-order valence-electron chi connectivity index (χ0n) is 12.8. The van der Waals surface area contributed by atoms with Crippen molar-refractivity contribution in [3.05, 3.63) is 59.2 Å². The highest BCUT2D eigenvalue weighted by Crippen LogP contribution is 2.25. The number of hydrogen-bond acceptors (Lipinski definition) is 3. The minimum Gasteiger partial charge on any atom is -0.379 e. The first-order chi connectivity index (χ1) is 9.79. The Morgan fingerprint density at radius 3 is 2.10 bits per heavy atom. The monoisotopic (exact) mass is 304 g/mol. The molecule has 0 radical (unpaired) electrons. The normalized spacial score (nSPS) is 11.7. The maximum atomic E-state index is 12.2. The third-order valence-electron chi connectivity index (χ3n) is 3.38. The predicted octanol–water partition coefficient (Wildman–Crippen LogP) is 4.19. The lowest BCUT2D eigenvalue weighted by Gasteiger charge is -2.12. The second-order valence-electron chi connectivity index (χ2n) is 5.52. The third kappa shape index (κ3) is 3.64. The predicted molar refractivity (Wildman–Crippen MR) is 84.3 cm³/mol. The molecule has 0 aliphatic rings. The first-order valence-electron chi connectivity index (χ1n) is 6.91. The van der Waals surface area contributed by atoms with Crippen LogP contribution in [-0.4, -0.2) is 8.42 Å². The van der Waals surface area contributed by atoms with Gasteiger partial charge in [0.1, 0.15) is 10.6 Å². The van der Waals surface area contributed by atoms with Gasteiger partial charge >= 0.3 is 10.1 Å². The summed E-state index contributed by atoms with van der Waals surface area (Å²) in [4.78, 5) is 0.165. The second kappa shape index (κ2) is 5.90. The van der Waals surface area contributed by atoms with E-state index in [0.29, 0.717) is 11.7 Å². The molecule has 0 aliphatic heterocycles. The van der Waals surface area contributed by atoms with E-state index in [1.165, 1.54) is 5.56 Å². The van der Waals surface area contributed by atoms with Crippen molar-refractivity contribution in [3.63, 3.8) is 0 Å². The van der Waals surface area contributed by atoms with E-state index in [4.69, 9.17) is 4.18 Å². The van der Waals surface area contributed by atoms with Crippen molar-refractivity contribution in [3.8, 4) is 5.75 Å². The van der Waals surface area contributed by atoms with Gasteiger partial charge in [-0.1, -0.05) is 37.6 Å². The molecule has 0 fully saturated rings. The van der Waals surface area contributed by atoms with E-state index in [-0.39, 0.29) is 4.90 Å². The Bertz CT molecular complexity index is 729. The van der Waals surface area contributed by atoms with Gasteiger partial charge in [-0.3, -0.25) is 0 Å². The van der Waals surface area contributed by atoms with Crippen molar-refractivity contribution < 1.29 is 12.6 Å². The molecule has 3 nitrogen and oxygen atoms in total. The minimum atomic E-state index is -3.78. The number of rotatable bonds is 4. The summed E-state index contributed by atoms with van der Waals surface area (Å²) in [6, 6.07) is 12.0. The van der Waals surface area contributed by atoms with Crippen molar-refractivity contribution in [1.29, 1.82) is 0 Å². The van der Waals surface area contributed by atoms with E-state index in [0.717, 1.165) is 11.1 Å². The quantitative estimate of drug-likeness (QED) is 0.795. The van der Waals surface area contributed by atoms with Crippen LogP contribution >= 0.6 is 0 Å². The molecular formula is C17H20O3S. The van der Waals surface area contributed by atoms with Crippen LogP contribution < -0.4 is 4.18 Å². The average Bonchev–Trinajstić information content (AvgIpc) is 2.38. The summed E-state index contributed by atoms with van der Waals surface area (Å²) >= 11 is 0. The SMILES string of the molecule is Cc1ccc(S(=O)(=O)Oc2ccc(C(C)C)c(C)c2)cc1. The lowest BCUT2D eigenvalue weighted by molar-refractivity contribution is 0.485. The largest absolute Gasteiger partial charge is 0.379 e. The molecule has 0 unspecified atom stereocenters. The van der Waals surface area contributed by atoms with E-state index in [1.807, 2.05) is 19.9 Å². The van der Waals surface area contributed by atoms with E-state index in [2.05, 4.69) is 13.8 Å². The molecular weight excluding hydrogens is 284 g/mol. The number of aryl methyl sites for hydroxylation is 2. The summed E-state index contributed by atoms with van der Waals surface area (Å²) in [6.45, 7) is 8.07. The summed E-state index contributed by atoms with van der Waals surface area (Å²) < 4.78 is 29.7. The zero-order valence-corrected chi connectivity index (χ0v) is 13.6. The molecule has 2 aromatic rings. The highest BCUT2D eigenvalue weighted by atomic mass is 32.2. The van der Waals surface area contributed by atoms with Crippen LogP contribution in [0.4, 0.5) is 0 Å². The van der Waals surface area contributed by atoms with E-state index >= 15 is 0 Å². The van der Waals surface area contributed by atoms with Crippen molar-refractivity contribution >= 4 is 10.1 Å². The molecule has 0 heterocycles. The molecule has 0 amide bonds. The molecule has 0 N–H and O–H groups in total. The van der Waals surface area contributed by atoms with Crippen LogP contribution in [0, 0.1) is 13.8 Å². The van der Waals surface area contributed by atoms with Gasteiger partial charge in [0.15, 0.2) is 0 Å². The van der Waals surface area contributed by atoms with Crippen LogP contribution in [0.2, 0.25) is 0 Å². The van der Waals surface area contributed by atoms with Gasteiger partial charge < -0.3 is 4.18 Å². The summed E-state index contributed by atoms with van der Waals surface area (Å²) in [5, 5.41) is 0. The lowest BCUT2D eigenvalue weighted by atomic mass is 9.98. The Balaban J connectivity index is 2.29. The standard InChI is InChI=1S/C17H20O3S/c1-12(2)17-10-7-15(11-14(17)4)20-21(18,19)16-8-5-13(3)6-9-16/h5-12H,1-4H3. The van der Waals surface area contributed by atoms with Crippen molar-refractivity contribution in [2.75, 3.05) is 0 Å². The van der Waals surface area contributed by atoms with E-state index in [9.17, 15) is 8.42 Å². The fourth-order valence-electron chi connectivity index (χ4n) is 2.23. The fourth-order valence-corrected chi connectivity index (χ4v) is 3.15. The van der Waals surface area contributed by atoms with Gasteiger partial charge in [-0.05, 0) is 55.2 Å². The third-order valence-corrected chi connectivity index (χ3v) is 4.64. The summed E-state index contributed by atoms with van der Waals surface area (Å²) in [5.74, 6) is 0.741. The number of hydrogen-bond donors (Lipinski definition) is 0. The Hall–Kier alpha value is -1.81. The molecule has 0 bridgehead atoms. The van der Waals surface area contributed by atoms with Gasteiger partial charge in [0.2, 0.25) is 0 Å². The molecule has 0 saturated carbocycles. The van der Waals surface area contributed by atoms with Crippen LogP contribution in [0.15, 0.2) is 47.4 Å². The Kier molecular flexibility index (Phi) is 4.37. The topological polar surface area (TPSA) is 43.4 Å². The molecule has 0 spiro atoms. The van der Waals surface area contributed by atoms with Crippen molar-refractivity contribution in [1.82, 2.24) is 0 Å². The highest BCUT2D eigenvalue weighted by Gasteiger charge is 2.17.